The molecule has 2 aliphatic heterocycles. The molecule has 2 heterocycles. The fraction of sp³-hybridized carbons (Fsp3) is 0.486. The lowest BCUT2D eigenvalue weighted by Crippen LogP contribution is -2.59. The summed E-state index contributed by atoms with van der Waals surface area (Å²) in [4.78, 5) is 82.7. The van der Waals surface area contributed by atoms with E-state index in [9.17, 15) is 41.9 Å². The standard InChI is InChI=1S/C35H43F3N6O6S/c1-19(2)29-34(50)44-18-24(40-31(47)22-11-8-12-23(15-22)35(36,37)38)16-27(44)33(49)39-20(3)30(46)42-26(21-9-6-5-7-10-21)17-28(45)41-25(13-14-51-4)32(48)43-29/h5-12,15,19-20,24-27,29H,13-14,16-18H2,1-4H3,(H,39,49)(H,40,47)(H,41,45)(H,42,46)(H,43,48)/t20-,24-,25-,26-,27-,29-/m0/s1. The minimum Gasteiger partial charge on any atom is -0.347 e. The van der Waals surface area contributed by atoms with E-state index in [1.54, 1.807) is 44.2 Å². The highest BCUT2D eigenvalue weighted by atomic mass is 32.2. The third-order valence-electron chi connectivity index (χ3n) is 8.83. The summed E-state index contributed by atoms with van der Waals surface area (Å²) in [6.45, 7) is 4.64. The van der Waals surface area contributed by atoms with Gasteiger partial charge in [0.15, 0.2) is 0 Å². The number of carbonyl (C=O) groups is 6. The predicted octanol–water partition coefficient (Wildman–Crippen LogP) is 2.55. The number of alkyl halides is 3. The van der Waals surface area contributed by atoms with E-state index in [2.05, 4.69) is 26.6 Å². The largest absolute Gasteiger partial charge is 0.416 e. The van der Waals surface area contributed by atoms with Crippen LogP contribution in [0.5, 0.6) is 0 Å². The Morgan fingerprint density at radius 1 is 0.941 bits per heavy atom. The van der Waals surface area contributed by atoms with Crippen molar-refractivity contribution in [3.8, 4) is 0 Å². The second-order valence-corrected chi connectivity index (χ2v) is 14.0. The van der Waals surface area contributed by atoms with Crippen LogP contribution in [-0.4, -0.2) is 89.1 Å². The van der Waals surface area contributed by atoms with Crippen molar-refractivity contribution >= 4 is 47.2 Å². The van der Waals surface area contributed by atoms with Crippen LogP contribution < -0.4 is 26.6 Å². The highest BCUT2D eigenvalue weighted by Crippen LogP contribution is 2.30. The smallest absolute Gasteiger partial charge is 0.347 e. The van der Waals surface area contributed by atoms with Crippen LogP contribution in [0.4, 0.5) is 13.2 Å². The van der Waals surface area contributed by atoms with Crippen LogP contribution in [0.2, 0.25) is 0 Å². The Labute approximate surface area is 298 Å². The normalized spacial score (nSPS) is 25.4. The number of amides is 6. The summed E-state index contributed by atoms with van der Waals surface area (Å²) >= 11 is 1.46. The molecule has 51 heavy (non-hydrogen) atoms. The van der Waals surface area contributed by atoms with Crippen molar-refractivity contribution in [2.24, 2.45) is 5.92 Å². The molecule has 2 aliphatic rings. The van der Waals surface area contributed by atoms with Crippen LogP contribution in [0, 0.1) is 5.92 Å². The molecule has 4 rings (SSSR count). The number of halogens is 3. The zero-order chi connectivity index (χ0) is 37.5. The van der Waals surface area contributed by atoms with Gasteiger partial charge in [0, 0.05) is 18.2 Å². The Kier molecular flexibility index (Phi) is 13.1. The van der Waals surface area contributed by atoms with E-state index < -0.39 is 89.4 Å². The summed E-state index contributed by atoms with van der Waals surface area (Å²) in [5.41, 5.74) is -0.647. The van der Waals surface area contributed by atoms with Crippen molar-refractivity contribution in [1.82, 2.24) is 31.5 Å². The van der Waals surface area contributed by atoms with Gasteiger partial charge in [-0.25, -0.2) is 0 Å². The molecule has 2 fully saturated rings. The molecule has 0 spiro atoms. The molecule has 0 aromatic heterocycles. The van der Waals surface area contributed by atoms with Crippen LogP contribution >= 0.6 is 11.8 Å². The average molecular weight is 733 g/mol. The lowest BCUT2D eigenvalue weighted by Gasteiger charge is -2.32. The van der Waals surface area contributed by atoms with Crippen molar-refractivity contribution in [2.45, 2.75) is 82.5 Å². The third-order valence-corrected chi connectivity index (χ3v) is 9.47. The van der Waals surface area contributed by atoms with Gasteiger partial charge in [0.25, 0.3) is 5.91 Å². The second kappa shape index (κ2) is 17.1. The number of hydrogen-bond acceptors (Lipinski definition) is 7. The summed E-state index contributed by atoms with van der Waals surface area (Å²) in [5, 5.41) is 13.6. The molecule has 0 aliphatic carbocycles. The number of nitrogens with zero attached hydrogens (tertiary/aromatic N) is 1. The maximum atomic E-state index is 14.2. The van der Waals surface area contributed by atoms with Crippen molar-refractivity contribution in [3.63, 3.8) is 0 Å². The van der Waals surface area contributed by atoms with Gasteiger partial charge in [-0.1, -0.05) is 50.2 Å². The molecule has 0 bridgehead atoms. The average Bonchev–Trinajstić information content (AvgIpc) is 3.51. The number of benzene rings is 2. The fourth-order valence-electron chi connectivity index (χ4n) is 6.04. The molecule has 6 atom stereocenters. The predicted molar refractivity (Wildman–Crippen MR) is 184 cm³/mol. The second-order valence-electron chi connectivity index (χ2n) is 13.0. The first kappa shape index (κ1) is 39.2. The van der Waals surface area contributed by atoms with E-state index in [-0.39, 0.29) is 31.4 Å². The topological polar surface area (TPSA) is 166 Å². The van der Waals surface area contributed by atoms with Gasteiger partial charge in [0.2, 0.25) is 29.5 Å². The fourth-order valence-corrected chi connectivity index (χ4v) is 6.51. The van der Waals surface area contributed by atoms with E-state index in [1.807, 2.05) is 6.26 Å². The number of carbonyl (C=O) groups excluding carboxylic acids is 6. The van der Waals surface area contributed by atoms with Gasteiger partial charge in [-0.3, -0.25) is 28.8 Å². The first-order valence-corrected chi connectivity index (χ1v) is 18.0. The van der Waals surface area contributed by atoms with Gasteiger partial charge in [0.1, 0.15) is 24.2 Å². The summed E-state index contributed by atoms with van der Waals surface area (Å²) in [6, 6.07) is 6.46. The number of fused-ring (bicyclic) bond motifs is 1. The Bertz CT molecular complexity index is 1610. The molecular weight excluding hydrogens is 689 g/mol. The van der Waals surface area contributed by atoms with Gasteiger partial charge < -0.3 is 31.5 Å². The lowest BCUT2D eigenvalue weighted by atomic mass is 10.0. The van der Waals surface area contributed by atoms with E-state index in [1.165, 1.54) is 29.7 Å². The number of rotatable bonds is 7. The minimum absolute atomic E-state index is 0.117. The van der Waals surface area contributed by atoms with Crippen LogP contribution in [-0.2, 0) is 30.1 Å². The van der Waals surface area contributed by atoms with Gasteiger partial charge >= 0.3 is 6.18 Å². The zero-order valence-electron chi connectivity index (χ0n) is 28.7. The first-order chi connectivity index (χ1) is 24.1. The summed E-state index contributed by atoms with van der Waals surface area (Å²) in [7, 11) is 0. The van der Waals surface area contributed by atoms with Crippen LogP contribution in [0.25, 0.3) is 0 Å². The molecule has 2 aromatic carbocycles. The maximum absolute atomic E-state index is 14.2. The molecule has 0 unspecified atom stereocenters. The summed E-state index contributed by atoms with van der Waals surface area (Å²) in [5.74, 6) is -3.89. The van der Waals surface area contributed by atoms with Gasteiger partial charge in [-0.2, -0.15) is 24.9 Å². The molecular formula is C35H43F3N6O6S. The molecule has 0 radical (unpaired) electrons. The molecule has 2 aromatic rings. The van der Waals surface area contributed by atoms with Gasteiger partial charge in [0.05, 0.1) is 18.0 Å². The van der Waals surface area contributed by atoms with Crippen LogP contribution in [0.1, 0.15) is 67.6 Å². The van der Waals surface area contributed by atoms with Crippen molar-refractivity contribution < 1.29 is 41.9 Å². The highest BCUT2D eigenvalue weighted by Gasteiger charge is 2.44. The van der Waals surface area contributed by atoms with Gasteiger partial charge in [-0.05, 0) is 61.5 Å². The first-order valence-electron chi connectivity index (χ1n) is 16.6. The van der Waals surface area contributed by atoms with Crippen molar-refractivity contribution in [3.05, 3.63) is 71.3 Å². The quantitative estimate of drug-likeness (QED) is 0.292. The Balaban J connectivity index is 1.67. The monoisotopic (exact) mass is 732 g/mol. The van der Waals surface area contributed by atoms with E-state index in [0.717, 1.165) is 12.1 Å². The third kappa shape index (κ3) is 10.2. The number of thioether (sulfide) groups is 1. The van der Waals surface area contributed by atoms with Gasteiger partial charge in [-0.15, -0.1) is 0 Å². The minimum atomic E-state index is -4.67. The lowest BCUT2D eigenvalue weighted by molar-refractivity contribution is -0.143. The Hall–Kier alpha value is -4.60. The molecule has 5 N–H and O–H groups in total. The van der Waals surface area contributed by atoms with Crippen LogP contribution in [0.15, 0.2) is 54.6 Å². The van der Waals surface area contributed by atoms with Crippen molar-refractivity contribution in [2.75, 3.05) is 18.6 Å². The molecule has 6 amide bonds. The molecule has 16 heteroatoms. The Morgan fingerprint density at radius 3 is 2.29 bits per heavy atom. The molecule has 2 saturated heterocycles. The van der Waals surface area contributed by atoms with Crippen LogP contribution in [0.3, 0.4) is 0 Å². The van der Waals surface area contributed by atoms with E-state index in [4.69, 9.17) is 0 Å². The molecule has 12 nitrogen and oxygen atoms in total. The van der Waals surface area contributed by atoms with E-state index in [0.29, 0.717) is 17.4 Å². The molecule has 276 valence electrons. The van der Waals surface area contributed by atoms with E-state index >= 15 is 0 Å². The highest BCUT2D eigenvalue weighted by molar-refractivity contribution is 7.98. The SMILES string of the molecule is CSCC[C@@H]1NC(=O)C[C@@H](c2ccccc2)NC(=O)[C@H](C)NC(=O)[C@@H]2C[C@H](NC(=O)c3cccc(C(F)(F)F)c3)CN2C(=O)[C@H](C(C)C)NC1=O. The zero-order valence-corrected chi connectivity index (χ0v) is 29.5. The number of nitrogens with one attached hydrogen (secondary N) is 5. The Morgan fingerprint density at radius 2 is 1.65 bits per heavy atom. The summed E-state index contributed by atoms with van der Waals surface area (Å²) < 4.78 is 40.0. The number of hydrogen-bond donors (Lipinski definition) is 5. The maximum Gasteiger partial charge on any atom is 0.416 e. The van der Waals surface area contributed by atoms with Crippen molar-refractivity contribution in [1.29, 1.82) is 0 Å². The summed E-state index contributed by atoms with van der Waals surface area (Å²) in [6.07, 6.45) is -2.91. The molecule has 0 saturated carbocycles.